The van der Waals surface area contributed by atoms with E-state index in [2.05, 4.69) is 39.9 Å². The molecule has 0 aromatic heterocycles. The Hall–Kier alpha value is -1.14. The summed E-state index contributed by atoms with van der Waals surface area (Å²) in [4.78, 5) is 7.70. The van der Waals surface area contributed by atoms with Crippen LogP contribution in [0.3, 0.4) is 0 Å². The van der Waals surface area contributed by atoms with E-state index in [1.54, 1.807) is 6.07 Å². The number of aromatic hydroxyl groups is 1. The van der Waals surface area contributed by atoms with Crippen LogP contribution in [-0.2, 0) is 0 Å². The second kappa shape index (κ2) is 8.30. The van der Waals surface area contributed by atoms with Crippen molar-refractivity contribution in [2.24, 2.45) is 0 Å². The minimum atomic E-state index is 0.356. The molecule has 2 atom stereocenters. The summed E-state index contributed by atoms with van der Waals surface area (Å²) in [7, 11) is 0. The van der Waals surface area contributed by atoms with Crippen molar-refractivity contribution in [2.75, 3.05) is 58.9 Å². The van der Waals surface area contributed by atoms with Gasteiger partial charge in [0, 0.05) is 64.4 Å². The Balaban J connectivity index is 1.72. The molecule has 0 spiro atoms. The summed E-state index contributed by atoms with van der Waals surface area (Å²) in [6.45, 7) is 14.5. The smallest absolute Gasteiger partial charge is 0.115 e. The van der Waals surface area contributed by atoms with Crippen LogP contribution < -0.4 is 5.32 Å². The van der Waals surface area contributed by atoms with Gasteiger partial charge >= 0.3 is 0 Å². The first-order valence-corrected chi connectivity index (χ1v) is 9.36. The molecule has 0 saturated carbocycles. The zero-order valence-electron chi connectivity index (χ0n) is 15.1. The van der Waals surface area contributed by atoms with Gasteiger partial charge in [0.05, 0.1) is 0 Å². The van der Waals surface area contributed by atoms with E-state index in [1.807, 2.05) is 12.1 Å². The Morgan fingerprint density at radius 3 is 2.58 bits per heavy atom. The van der Waals surface area contributed by atoms with E-state index in [-0.39, 0.29) is 0 Å². The zero-order chi connectivity index (χ0) is 16.9. The summed E-state index contributed by atoms with van der Waals surface area (Å²) in [5.41, 5.74) is 1.24. The summed E-state index contributed by atoms with van der Waals surface area (Å²) in [5, 5.41) is 13.5. The number of phenolic OH excluding ortho intramolecular Hbond substituents is 1. The number of nitrogens with zero attached hydrogens (tertiary/aromatic N) is 3. The van der Waals surface area contributed by atoms with E-state index in [9.17, 15) is 5.11 Å². The number of likely N-dealkylation sites (N-methyl/N-ethyl adjacent to an activating group) is 1. The Labute approximate surface area is 146 Å². The Kier molecular flexibility index (Phi) is 6.11. The van der Waals surface area contributed by atoms with Crippen LogP contribution in [-0.4, -0.2) is 84.8 Å². The molecule has 1 aromatic rings. The van der Waals surface area contributed by atoms with Gasteiger partial charge in [0.1, 0.15) is 5.75 Å². The first-order valence-electron chi connectivity index (χ1n) is 9.36. The molecule has 5 nitrogen and oxygen atoms in total. The zero-order valence-corrected chi connectivity index (χ0v) is 15.1. The second-order valence-corrected chi connectivity index (χ2v) is 7.20. The predicted molar refractivity (Wildman–Crippen MR) is 98.4 cm³/mol. The minimum absolute atomic E-state index is 0.356. The monoisotopic (exact) mass is 332 g/mol. The average Bonchev–Trinajstić information content (AvgIpc) is 2.60. The Morgan fingerprint density at radius 1 is 1.17 bits per heavy atom. The Bertz CT molecular complexity index is 516. The number of hydrogen-bond donors (Lipinski definition) is 2. The lowest BCUT2D eigenvalue weighted by Gasteiger charge is -2.42. The van der Waals surface area contributed by atoms with Crippen LogP contribution in [0.4, 0.5) is 0 Å². The summed E-state index contributed by atoms with van der Waals surface area (Å²) >= 11 is 0. The third kappa shape index (κ3) is 4.48. The highest BCUT2D eigenvalue weighted by molar-refractivity contribution is 5.30. The molecule has 0 aliphatic carbocycles. The molecule has 0 radical (unpaired) electrons. The predicted octanol–water partition coefficient (Wildman–Crippen LogP) is 1.36. The summed E-state index contributed by atoms with van der Waals surface area (Å²) in [6.07, 6.45) is 0. The van der Waals surface area contributed by atoms with Crippen molar-refractivity contribution in [3.63, 3.8) is 0 Å². The van der Waals surface area contributed by atoms with Gasteiger partial charge in [0.25, 0.3) is 0 Å². The fourth-order valence-corrected chi connectivity index (χ4v) is 3.94. The number of hydrogen-bond acceptors (Lipinski definition) is 5. The van der Waals surface area contributed by atoms with E-state index in [0.717, 1.165) is 45.8 Å². The average molecular weight is 332 g/mol. The van der Waals surface area contributed by atoms with E-state index in [4.69, 9.17) is 0 Å². The molecule has 2 heterocycles. The fraction of sp³-hybridized carbons (Fsp3) is 0.684. The standard InChI is InChI=1S/C19H32N4O/c1-3-21-9-11-22(12-10-21)15-19(17-5-4-6-18(24)13-17)23-8-7-20-16(2)14-23/h4-6,13,16,19-20,24H,3,7-12,14-15H2,1-2H3. The van der Waals surface area contributed by atoms with Gasteiger partial charge in [-0.05, 0) is 31.2 Å². The third-order valence-corrected chi connectivity index (χ3v) is 5.44. The highest BCUT2D eigenvalue weighted by atomic mass is 16.3. The minimum Gasteiger partial charge on any atom is -0.508 e. The van der Waals surface area contributed by atoms with Crippen LogP contribution in [0, 0.1) is 0 Å². The molecule has 2 N–H and O–H groups in total. The van der Waals surface area contributed by atoms with Gasteiger partial charge < -0.3 is 15.3 Å². The van der Waals surface area contributed by atoms with Crippen molar-refractivity contribution in [2.45, 2.75) is 25.9 Å². The third-order valence-electron chi connectivity index (χ3n) is 5.44. The van der Waals surface area contributed by atoms with E-state index < -0.39 is 0 Å². The highest BCUT2D eigenvalue weighted by Gasteiger charge is 2.28. The first-order chi connectivity index (χ1) is 11.7. The molecule has 134 valence electrons. The molecule has 24 heavy (non-hydrogen) atoms. The number of rotatable bonds is 5. The molecule has 0 bridgehead atoms. The quantitative estimate of drug-likeness (QED) is 0.852. The van der Waals surface area contributed by atoms with Crippen LogP contribution >= 0.6 is 0 Å². The number of piperazine rings is 2. The van der Waals surface area contributed by atoms with Crippen LogP contribution in [0.1, 0.15) is 25.5 Å². The Morgan fingerprint density at radius 2 is 1.92 bits per heavy atom. The molecule has 2 saturated heterocycles. The fourth-order valence-electron chi connectivity index (χ4n) is 3.94. The second-order valence-electron chi connectivity index (χ2n) is 7.20. The van der Waals surface area contributed by atoms with Gasteiger partial charge in [-0.1, -0.05) is 19.1 Å². The van der Waals surface area contributed by atoms with E-state index >= 15 is 0 Å². The van der Waals surface area contributed by atoms with Crippen LogP contribution in [0.5, 0.6) is 5.75 Å². The van der Waals surface area contributed by atoms with E-state index in [1.165, 1.54) is 18.7 Å². The maximum absolute atomic E-state index is 9.93. The molecular weight excluding hydrogens is 300 g/mol. The van der Waals surface area contributed by atoms with Crippen molar-refractivity contribution < 1.29 is 5.11 Å². The van der Waals surface area contributed by atoms with Crippen molar-refractivity contribution >= 4 is 0 Å². The molecule has 2 fully saturated rings. The van der Waals surface area contributed by atoms with Crippen molar-refractivity contribution in [1.29, 1.82) is 0 Å². The number of nitrogens with one attached hydrogen (secondary N) is 1. The van der Waals surface area contributed by atoms with Crippen molar-refractivity contribution in [3.05, 3.63) is 29.8 Å². The molecule has 3 rings (SSSR count). The van der Waals surface area contributed by atoms with Gasteiger partial charge in [-0.2, -0.15) is 0 Å². The van der Waals surface area contributed by atoms with Crippen LogP contribution in [0.15, 0.2) is 24.3 Å². The van der Waals surface area contributed by atoms with Gasteiger partial charge in [-0.25, -0.2) is 0 Å². The summed E-state index contributed by atoms with van der Waals surface area (Å²) in [5.74, 6) is 0.372. The molecule has 2 unspecified atom stereocenters. The molecule has 0 amide bonds. The van der Waals surface area contributed by atoms with Gasteiger partial charge in [-0.15, -0.1) is 0 Å². The molecule has 2 aliphatic rings. The lowest BCUT2D eigenvalue weighted by atomic mass is 10.0. The number of phenols is 1. The lowest BCUT2D eigenvalue weighted by Crippen LogP contribution is -2.54. The maximum atomic E-state index is 9.93. The summed E-state index contributed by atoms with van der Waals surface area (Å²) < 4.78 is 0. The van der Waals surface area contributed by atoms with Crippen LogP contribution in [0.2, 0.25) is 0 Å². The molecular formula is C19H32N4O. The molecule has 1 aromatic carbocycles. The SMILES string of the molecule is CCN1CCN(CC(c2cccc(O)c2)N2CCNC(C)C2)CC1. The number of benzene rings is 1. The summed E-state index contributed by atoms with van der Waals surface area (Å²) in [6, 6.07) is 8.73. The molecule has 5 heteroatoms. The van der Waals surface area contributed by atoms with Gasteiger partial charge in [0.2, 0.25) is 0 Å². The first kappa shape index (κ1) is 17.7. The van der Waals surface area contributed by atoms with E-state index in [0.29, 0.717) is 17.8 Å². The van der Waals surface area contributed by atoms with Crippen molar-refractivity contribution in [3.8, 4) is 5.75 Å². The largest absolute Gasteiger partial charge is 0.508 e. The highest BCUT2D eigenvalue weighted by Crippen LogP contribution is 2.26. The van der Waals surface area contributed by atoms with Crippen molar-refractivity contribution in [1.82, 2.24) is 20.0 Å². The van der Waals surface area contributed by atoms with Crippen LogP contribution in [0.25, 0.3) is 0 Å². The normalized spacial score (nSPS) is 25.7. The molecule has 2 aliphatic heterocycles. The maximum Gasteiger partial charge on any atom is 0.115 e. The van der Waals surface area contributed by atoms with Gasteiger partial charge in [-0.3, -0.25) is 9.80 Å². The lowest BCUT2D eigenvalue weighted by molar-refractivity contribution is 0.0780. The topological polar surface area (TPSA) is 42.0 Å². The van der Waals surface area contributed by atoms with Gasteiger partial charge in [0.15, 0.2) is 0 Å².